The highest BCUT2D eigenvalue weighted by Gasteiger charge is 2.46. The Morgan fingerprint density at radius 3 is 2.91 bits per heavy atom. The van der Waals surface area contributed by atoms with Crippen molar-refractivity contribution < 1.29 is 9.53 Å². The molecule has 6 heteroatoms. The van der Waals surface area contributed by atoms with Crippen LogP contribution in [0.1, 0.15) is 18.9 Å². The van der Waals surface area contributed by atoms with Crippen LogP contribution in [0.3, 0.4) is 0 Å². The summed E-state index contributed by atoms with van der Waals surface area (Å²) in [7, 11) is 0. The van der Waals surface area contributed by atoms with Crippen molar-refractivity contribution in [3.8, 4) is 6.07 Å². The third-order valence-corrected chi connectivity index (χ3v) is 4.22. The summed E-state index contributed by atoms with van der Waals surface area (Å²) in [5.41, 5.74) is 0.612. The minimum Gasteiger partial charge on any atom is -0.378 e. The molecule has 0 N–H and O–H groups in total. The van der Waals surface area contributed by atoms with Crippen molar-refractivity contribution in [2.75, 3.05) is 37.7 Å². The van der Waals surface area contributed by atoms with Crippen LogP contribution in [0.15, 0.2) is 18.3 Å². The number of amides is 1. The van der Waals surface area contributed by atoms with E-state index < -0.39 is 0 Å². The largest absolute Gasteiger partial charge is 0.378 e. The van der Waals surface area contributed by atoms with Crippen molar-refractivity contribution >= 4 is 11.7 Å². The molecule has 6 nitrogen and oxygen atoms in total. The van der Waals surface area contributed by atoms with Crippen LogP contribution >= 0.6 is 0 Å². The number of nitrogens with zero attached hydrogens (tertiary/aromatic N) is 4. The van der Waals surface area contributed by atoms with Crippen LogP contribution in [0.25, 0.3) is 0 Å². The number of carbonyl (C=O) groups excluding carboxylic acids is 1. The second-order valence-electron chi connectivity index (χ2n) is 5.66. The molecular formula is C16H20N4O2. The Morgan fingerprint density at radius 1 is 1.45 bits per heavy atom. The number of piperazine rings is 1. The van der Waals surface area contributed by atoms with Crippen LogP contribution in [0.2, 0.25) is 0 Å². The molecule has 2 fully saturated rings. The second kappa shape index (κ2) is 6.32. The maximum absolute atomic E-state index is 12.4. The maximum Gasteiger partial charge on any atom is 0.228 e. The summed E-state index contributed by atoms with van der Waals surface area (Å²) in [6.45, 7) is 5.53. The molecule has 1 amide bonds. The first-order chi connectivity index (χ1) is 10.7. The van der Waals surface area contributed by atoms with Crippen molar-refractivity contribution in [2.24, 2.45) is 5.92 Å². The monoisotopic (exact) mass is 300 g/mol. The first kappa shape index (κ1) is 14.8. The van der Waals surface area contributed by atoms with Crippen LogP contribution in [0, 0.1) is 17.2 Å². The van der Waals surface area contributed by atoms with Crippen LogP contribution in [-0.4, -0.2) is 54.7 Å². The predicted octanol–water partition coefficient (Wildman–Crippen LogP) is 1.03. The van der Waals surface area contributed by atoms with Crippen LogP contribution in [0.4, 0.5) is 5.82 Å². The molecule has 1 saturated carbocycles. The molecule has 3 rings (SSSR count). The van der Waals surface area contributed by atoms with Gasteiger partial charge in [-0.3, -0.25) is 4.79 Å². The summed E-state index contributed by atoms with van der Waals surface area (Å²) < 4.78 is 5.49. The zero-order valence-electron chi connectivity index (χ0n) is 12.7. The SMILES string of the molecule is CCO[C@@H]1C[C@@H]1C(=O)N1CCN(c2cc(C#N)ccn2)CC1. The summed E-state index contributed by atoms with van der Waals surface area (Å²) in [5.74, 6) is 1.09. The van der Waals surface area contributed by atoms with Crippen molar-refractivity contribution in [1.29, 1.82) is 5.26 Å². The lowest BCUT2D eigenvalue weighted by molar-refractivity contribution is -0.133. The topological polar surface area (TPSA) is 69.5 Å². The van der Waals surface area contributed by atoms with E-state index in [2.05, 4.69) is 16.0 Å². The zero-order valence-corrected chi connectivity index (χ0v) is 12.7. The number of hydrogen-bond donors (Lipinski definition) is 0. The Kier molecular flexibility index (Phi) is 4.25. The first-order valence-electron chi connectivity index (χ1n) is 7.74. The quantitative estimate of drug-likeness (QED) is 0.830. The van der Waals surface area contributed by atoms with Gasteiger partial charge in [-0.15, -0.1) is 0 Å². The summed E-state index contributed by atoms with van der Waals surface area (Å²) in [5, 5.41) is 8.95. The van der Waals surface area contributed by atoms with Gasteiger partial charge in [0.2, 0.25) is 5.91 Å². The van der Waals surface area contributed by atoms with E-state index in [9.17, 15) is 4.79 Å². The van der Waals surface area contributed by atoms with Gasteiger partial charge in [-0.2, -0.15) is 5.26 Å². The minimum atomic E-state index is 0.0616. The number of hydrogen-bond acceptors (Lipinski definition) is 5. The van der Waals surface area contributed by atoms with Gasteiger partial charge < -0.3 is 14.5 Å². The van der Waals surface area contributed by atoms with E-state index in [4.69, 9.17) is 10.00 Å². The number of nitriles is 1. The number of carbonyl (C=O) groups is 1. The zero-order chi connectivity index (χ0) is 15.5. The number of rotatable bonds is 4. The number of aromatic nitrogens is 1. The Labute approximate surface area is 130 Å². The molecule has 1 aliphatic heterocycles. The fraction of sp³-hybridized carbons (Fsp3) is 0.562. The number of ether oxygens (including phenoxy) is 1. The highest BCUT2D eigenvalue weighted by atomic mass is 16.5. The van der Waals surface area contributed by atoms with Gasteiger partial charge in [-0.05, 0) is 25.5 Å². The fourth-order valence-electron chi connectivity index (χ4n) is 2.88. The Balaban J connectivity index is 1.54. The van der Waals surface area contributed by atoms with Crippen molar-refractivity contribution in [3.63, 3.8) is 0 Å². The van der Waals surface area contributed by atoms with E-state index in [1.807, 2.05) is 11.8 Å². The normalized spacial score (nSPS) is 24.0. The van der Waals surface area contributed by atoms with Gasteiger partial charge >= 0.3 is 0 Å². The van der Waals surface area contributed by atoms with Crippen molar-refractivity contribution in [2.45, 2.75) is 19.4 Å². The van der Waals surface area contributed by atoms with Gasteiger partial charge in [0.1, 0.15) is 5.82 Å². The Morgan fingerprint density at radius 2 is 2.23 bits per heavy atom. The molecule has 0 radical (unpaired) electrons. The molecular weight excluding hydrogens is 280 g/mol. The van der Waals surface area contributed by atoms with Crippen molar-refractivity contribution in [3.05, 3.63) is 23.9 Å². The molecule has 22 heavy (non-hydrogen) atoms. The summed E-state index contributed by atoms with van der Waals surface area (Å²) in [4.78, 5) is 20.7. The van der Waals surface area contributed by atoms with Gasteiger partial charge in [0.15, 0.2) is 0 Å². The van der Waals surface area contributed by atoms with Gasteiger partial charge in [-0.25, -0.2) is 4.98 Å². The smallest absolute Gasteiger partial charge is 0.228 e. The maximum atomic E-state index is 12.4. The van der Waals surface area contributed by atoms with Gasteiger partial charge in [0.25, 0.3) is 0 Å². The van der Waals surface area contributed by atoms with Crippen LogP contribution in [-0.2, 0) is 9.53 Å². The van der Waals surface area contributed by atoms with E-state index in [1.165, 1.54) is 0 Å². The average Bonchev–Trinajstić information content (AvgIpc) is 3.34. The molecule has 1 aliphatic carbocycles. The summed E-state index contributed by atoms with van der Waals surface area (Å²) in [6.07, 6.45) is 2.64. The van der Waals surface area contributed by atoms with E-state index in [-0.39, 0.29) is 17.9 Å². The lowest BCUT2D eigenvalue weighted by atomic mass is 10.2. The van der Waals surface area contributed by atoms with E-state index in [1.54, 1.807) is 18.3 Å². The third-order valence-electron chi connectivity index (χ3n) is 4.22. The molecule has 0 aromatic carbocycles. The standard InChI is InChI=1S/C16H20N4O2/c1-2-22-14-10-13(14)16(21)20-7-5-19(6-8-20)15-9-12(11-17)3-4-18-15/h3-4,9,13-14H,2,5-8,10H2,1H3/t13-,14+/m0/s1. The Hall–Kier alpha value is -2.13. The molecule has 2 aliphatic rings. The van der Waals surface area contributed by atoms with Gasteiger partial charge in [0, 0.05) is 39.0 Å². The second-order valence-corrected chi connectivity index (χ2v) is 5.66. The molecule has 2 atom stereocenters. The molecule has 116 valence electrons. The number of anilines is 1. The molecule has 1 aromatic heterocycles. The third kappa shape index (κ3) is 3.04. The van der Waals surface area contributed by atoms with Crippen molar-refractivity contribution in [1.82, 2.24) is 9.88 Å². The van der Waals surface area contributed by atoms with E-state index >= 15 is 0 Å². The lowest BCUT2D eigenvalue weighted by Gasteiger charge is -2.35. The molecule has 2 heterocycles. The van der Waals surface area contributed by atoms with Crippen LogP contribution in [0.5, 0.6) is 0 Å². The summed E-state index contributed by atoms with van der Waals surface area (Å²) in [6, 6.07) is 5.62. The average molecular weight is 300 g/mol. The van der Waals surface area contributed by atoms with E-state index in [0.29, 0.717) is 25.3 Å². The lowest BCUT2D eigenvalue weighted by Crippen LogP contribution is -2.49. The fourth-order valence-corrected chi connectivity index (χ4v) is 2.88. The molecule has 0 spiro atoms. The van der Waals surface area contributed by atoms with Crippen LogP contribution < -0.4 is 4.90 Å². The van der Waals surface area contributed by atoms with Gasteiger partial charge in [-0.1, -0.05) is 0 Å². The molecule has 1 saturated heterocycles. The molecule has 1 aromatic rings. The highest BCUT2D eigenvalue weighted by molar-refractivity contribution is 5.82. The van der Waals surface area contributed by atoms with Gasteiger partial charge in [0.05, 0.1) is 23.7 Å². The number of pyridine rings is 1. The summed E-state index contributed by atoms with van der Waals surface area (Å²) >= 11 is 0. The predicted molar refractivity (Wildman–Crippen MR) is 81.3 cm³/mol. The van der Waals surface area contributed by atoms with E-state index in [0.717, 1.165) is 25.3 Å². The minimum absolute atomic E-state index is 0.0616. The first-order valence-corrected chi connectivity index (χ1v) is 7.74. The molecule has 0 bridgehead atoms. The molecule has 0 unspecified atom stereocenters. The highest BCUT2D eigenvalue weighted by Crippen LogP contribution is 2.35. The Bertz CT molecular complexity index is 590.